The second-order valence-electron chi connectivity index (χ2n) is 8.61. The highest BCUT2D eigenvalue weighted by atomic mass is 32.1. The minimum Gasteiger partial charge on any atom is -0.444 e. The predicted octanol–water partition coefficient (Wildman–Crippen LogP) is 7.44. The normalized spacial score (nSPS) is 11.2. The Balaban J connectivity index is 1.40. The molecule has 2 aromatic carbocycles. The molecular weight excluding hydrogens is 563 g/mol. The van der Waals surface area contributed by atoms with Crippen LogP contribution < -0.4 is 0 Å². The molecular formula is C28H13N7O2S3. The van der Waals surface area contributed by atoms with E-state index in [-0.39, 0.29) is 12.3 Å². The Kier molecular flexibility index (Phi) is 5.79. The van der Waals surface area contributed by atoms with Gasteiger partial charge in [0.25, 0.3) is 0 Å². The Morgan fingerprint density at radius 1 is 0.975 bits per heavy atom. The Hall–Kier alpha value is -5.01. The number of hydrogen-bond acceptors (Lipinski definition) is 11. The van der Waals surface area contributed by atoms with Gasteiger partial charge in [0.15, 0.2) is 0 Å². The predicted molar refractivity (Wildman–Crippen MR) is 157 cm³/mol. The van der Waals surface area contributed by atoms with E-state index in [2.05, 4.69) is 18.7 Å². The third kappa shape index (κ3) is 3.82. The summed E-state index contributed by atoms with van der Waals surface area (Å²) in [4.78, 5) is 23.1. The molecule has 5 aromatic heterocycles. The van der Waals surface area contributed by atoms with Crippen LogP contribution in [0.3, 0.4) is 0 Å². The van der Waals surface area contributed by atoms with Gasteiger partial charge in [-0.15, -0.1) is 22.7 Å². The highest BCUT2D eigenvalue weighted by molar-refractivity contribution is 7.32. The highest BCUT2D eigenvalue weighted by Crippen LogP contribution is 2.46. The van der Waals surface area contributed by atoms with E-state index in [1.807, 2.05) is 60.7 Å². The van der Waals surface area contributed by atoms with E-state index in [9.17, 15) is 4.79 Å². The molecule has 0 radical (unpaired) electrons. The molecule has 5 heterocycles. The van der Waals surface area contributed by atoms with Gasteiger partial charge in [0.05, 0.1) is 43.2 Å². The largest absolute Gasteiger partial charge is 0.444 e. The summed E-state index contributed by atoms with van der Waals surface area (Å²) in [7, 11) is 0. The van der Waals surface area contributed by atoms with Crippen LogP contribution in [0.4, 0.5) is 10.5 Å². The van der Waals surface area contributed by atoms with Crippen molar-refractivity contribution in [3.8, 4) is 22.7 Å². The lowest BCUT2D eigenvalue weighted by atomic mass is 10.2. The van der Waals surface area contributed by atoms with Crippen LogP contribution in [0, 0.1) is 22.7 Å². The molecule has 0 bridgehead atoms. The van der Waals surface area contributed by atoms with Crippen LogP contribution >= 0.6 is 34.4 Å². The van der Waals surface area contributed by atoms with E-state index in [4.69, 9.17) is 15.3 Å². The zero-order chi connectivity index (χ0) is 27.2. The lowest BCUT2D eigenvalue weighted by Crippen LogP contribution is -2.13. The molecule has 7 rings (SSSR count). The molecule has 0 aliphatic carbocycles. The third-order valence-corrected chi connectivity index (χ3v) is 9.27. The molecule has 40 heavy (non-hydrogen) atoms. The number of benzene rings is 2. The van der Waals surface area contributed by atoms with Crippen LogP contribution in [0.25, 0.3) is 52.1 Å². The van der Waals surface area contributed by atoms with E-state index in [1.54, 1.807) is 28.0 Å². The summed E-state index contributed by atoms with van der Waals surface area (Å²) < 4.78 is 19.2. The number of fused-ring (bicyclic) bond motifs is 6. The molecule has 9 nitrogen and oxygen atoms in total. The van der Waals surface area contributed by atoms with Crippen molar-refractivity contribution in [2.45, 2.75) is 6.61 Å². The molecule has 0 saturated carbocycles. The smallest absolute Gasteiger partial charge is 0.419 e. The number of rotatable bonds is 4. The monoisotopic (exact) mass is 575 g/mol. The maximum absolute atomic E-state index is 13.6. The highest BCUT2D eigenvalue weighted by Gasteiger charge is 2.25. The maximum atomic E-state index is 13.6. The van der Waals surface area contributed by atoms with Crippen molar-refractivity contribution < 1.29 is 9.53 Å². The number of nitrogens with zero attached hydrogens (tertiary/aromatic N) is 7. The number of thiophene rings is 2. The van der Waals surface area contributed by atoms with Crippen molar-refractivity contribution >= 4 is 93.4 Å². The van der Waals surface area contributed by atoms with Gasteiger partial charge in [-0.3, -0.25) is 4.98 Å². The first-order chi connectivity index (χ1) is 19.7. The lowest BCUT2D eigenvalue weighted by molar-refractivity contribution is 0.143. The van der Waals surface area contributed by atoms with Crippen molar-refractivity contribution in [1.82, 2.24) is 18.3 Å². The maximum Gasteiger partial charge on any atom is 0.419 e. The van der Waals surface area contributed by atoms with Crippen LogP contribution in [0.2, 0.25) is 0 Å². The first-order valence-corrected chi connectivity index (χ1v) is 14.2. The first kappa shape index (κ1) is 24.1. The van der Waals surface area contributed by atoms with E-state index < -0.39 is 6.09 Å². The fourth-order valence-electron chi connectivity index (χ4n) is 4.55. The van der Waals surface area contributed by atoms with Gasteiger partial charge in [-0.2, -0.15) is 19.3 Å². The minimum absolute atomic E-state index is 0.155. The van der Waals surface area contributed by atoms with Crippen molar-refractivity contribution in [3.63, 3.8) is 0 Å². The zero-order valence-corrected chi connectivity index (χ0v) is 22.7. The average molecular weight is 576 g/mol. The summed E-state index contributed by atoms with van der Waals surface area (Å²) >= 11 is 4.14. The fraction of sp³-hybridized carbons (Fsp3) is 0.0357. The molecule has 0 amide bonds. The minimum atomic E-state index is -0.463. The fourth-order valence-corrected chi connectivity index (χ4v) is 7.57. The van der Waals surface area contributed by atoms with Crippen molar-refractivity contribution in [1.29, 1.82) is 10.5 Å². The molecule has 0 atom stereocenters. The number of ether oxygens (including phenoxy) is 1. The summed E-state index contributed by atoms with van der Waals surface area (Å²) in [6.45, 7) is 0.155. The topological polar surface area (TPSA) is 130 Å². The van der Waals surface area contributed by atoms with Crippen LogP contribution in [-0.2, 0) is 11.3 Å². The van der Waals surface area contributed by atoms with Gasteiger partial charge in [0.2, 0.25) is 5.71 Å². The van der Waals surface area contributed by atoms with E-state index in [0.29, 0.717) is 22.4 Å². The molecule has 0 aliphatic rings. The van der Waals surface area contributed by atoms with Crippen LogP contribution in [0.5, 0.6) is 0 Å². The molecule has 0 saturated heterocycles. The summed E-state index contributed by atoms with van der Waals surface area (Å²) in [5.74, 6) is 0. The second kappa shape index (κ2) is 9.63. The lowest BCUT2D eigenvalue weighted by Gasteiger charge is -2.07. The third-order valence-electron chi connectivity index (χ3n) is 6.29. The number of pyridine rings is 1. The molecule has 12 heteroatoms. The van der Waals surface area contributed by atoms with Gasteiger partial charge in [0.1, 0.15) is 41.2 Å². The number of hydrogen-bond donors (Lipinski definition) is 0. The van der Waals surface area contributed by atoms with Gasteiger partial charge in [-0.25, -0.2) is 14.4 Å². The van der Waals surface area contributed by atoms with E-state index >= 15 is 0 Å². The molecule has 0 N–H and O–H groups in total. The number of aliphatic imine (C=N–C) groups is 1. The SMILES string of the molecule is N#CC(C#N)=Nc1cnc(-c2cc3c(s2)c2sc4ccccc4c2n3C(=O)OCc2ccccc2)c2nsnc12. The van der Waals surface area contributed by atoms with Crippen LogP contribution in [-0.4, -0.2) is 30.1 Å². The standard InChI is InChI=1S/C28H13N7O2S3/c29-11-16(12-30)32-18-13-31-23(24-22(18)33-40-34-24)21-10-19-26(39-21)27-25(17-8-4-5-9-20(17)38-27)35(19)28(36)37-14-15-6-2-1-3-7-15/h1-10,13H,14H2. The van der Waals surface area contributed by atoms with Crippen molar-refractivity contribution in [3.05, 3.63) is 72.4 Å². The molecule has 7 aromatic rings. The number of aromatic nitrogens is 4. The Morgan fingerprint density at radius 2 is 1.75 bits per heavy atom. The van der Waals surface area contributed by atoms with Gasteiger partial charge < -0.3 is 4.74 Å². The summed E-state index contributed by atoms with van der Waals surface area (Å²) in [5, 5.41) is 19.2. The van der Waals surface area contributed by atoms with Crippen molar-refractivity contribution in [2.75, 3.05) is 0 Å². The molecule has 190 valence electrons. The van der Waals surface area contributed by atoms with Crippen molar-refractivity contribution in [2.24, 2.45) is 4.99 Å². The number of nitriles is 2. The van der Waals surface area contributed by atoms with Crippen LogP contribution in [0.1, 0.15) is 5.56 Å². The van der Waals surface area contributed by atoms with E-state index in [0.717, 1.165) is 52.7 Å². The quantitative estimate of drug-likeness (QED) is 0.199. The molecule has 0 aliphatic heterocycles. The van der Waals surface area contributed by atoms with Gasteiger partial charge in [0, 0.05) is 10.1 Å². The van der Waals surface area contributed by atoms with Gasteiger partial charge in [-0.05, 0) is 17.7 Å². The Bertz CT molecular complexity index is 2210. The molecule has 0 unspecified atom stereocenters. The molecule has 0 fully saturated rings. The number of carbonyl (C=O) groups is 1. The van der Waals surface area contributed by atoms with Gasteiger partial charge >= 0.3 is 6.09 Å². The Morgan fingerprint density at radius 3 is 2.58 bits per heavy atom. The van der Waals surface area contributed by atoms with Crippen LogP contribution in [0.15, 0.2) is 71.9 Å². The first-order valence-electron chi connectivity index (χ1n) is 11.8. The summed E-state index contributed by atoms with van der Waals surface area (Å²) in [6.07, 6.45) is 1.02. The average Bonchev–Trinajstić information content (AvgIpc) is 3.77. The second-order valence-corrected chi connectivity index (χ2v) is 11.2. The molecule has 0 spiro atoms. The summed E-state index contributed by atoms with van der Waals surface area (Å²) in [5.41, 5.74) is 4.00. The van der Waals surface area contributed by atoms with Gasteiger partial charge in [-0.1, -0.05) is 48.5 Å². The zero-order valence-electron chi connectivity index (χ0n) is 20.2. The van der Waals surface area contributed by atoms with E-state index in [1.165, 1.54) is 17.5 Å². The number of carbonyl (C=O) groups excluding carboxylic acids is 1. The Labute approximate surface area is 237 Å². The summed E-state index contributed by atoms with van der Waals surface area (Å²) in [6, 6.07) is 23.0.